The predicted molar refractivity (Wildman–Crippen MR) is 59.5 cm³/mol. The Morgan fingerprint density at radius 1 is 1.53 bits per heavy atom. The van der Waals surface area contributed by atoms with E-state index in [0.29, 0.717) is 6.54 Å². The van der Waals surface area contributed by atoms with Crippen molar-refractivity contribution in [3.05, 3.63) is 18.2 Å². The first-order chi connectivity index (χ1) is 7.26. The molecule has 0 atom stereocenters. The van der Waals surface area contributed by atoms with Gasteiger partial charge in [0, 0.05) is 6.54 Å². The number of rotatable bonds is 2. The van der Waals surface area contributed by atoms with Crippen LogP contribution in [0.3, 0.4) is 0 Å². The second-order valence-electron chi connectivity index (χ2n) is 3.42. The molecular weight excluding hydrogens is 192 g/mol. The molecule has 4 nitrogen and oxygen atoms in total. The van der Waals surface area contributed by atoms with Gasteiger partial charge in [0.15, 0.2) is 0 Å². The van der Waals surface area contributed by atoms with E-state index in [9.17, 15) is 4.79 Å². The van der Waals surface area contributed by atoms with Crippen LogP contribution in [-0.4, -0.2) is 26.1 Å². The summed E-state index contributed by atoms with van der Waals surface area (Å²) in [4.78, 5) is 13.4. The van der Waals surface area contributed by atoms with Crippen molar-refractivity contribution in [2.75, 3.05) is 30.4 Å². The number of likely N-dealkylation sites (N-methyl/N-ethyl adjacent to an activating group) is 1. The molecule has 1 aromatic carbocycles. The van der Waals surface area contributed by atoms with Gasteiger partial charge >= 0.3 is 0 Å². The summed E-state index contributed by atoms with van der Waals surface area (Å²) in [5.41, 5.74) is 1.80. The predicted octanol–water partition coefficient (Wildman–Crippen LogP) is 1.47. The molecule has 0 unspecified atom stereocenters. The lowest BCUT2D eigenvalue weighted by molar-refractivity contribution is -0.115. The van der Waals surface area contributed by atoms with Gasteiger partial charge in [-0.05, 0) is 19.1 Å². The number of amides is 1. The minimum Gasteiger partial charge on any atom is -0.495 e. The monoisotopic (exact) mass is 206 g/mol. The molecule has 2 rings (SSSR count). The Balaban J connectivity index is 2.51. The van der Waals surface area contributed by atoms with Crippen LogP contribution in [0.5, 0.6) is 5.75 Å². The third-order valence-electron chi connectivity index (χ3n) is 2.53. The van der Waals surface area contributed by atoms with Crippen LogP contribution in [0.1, 0.15) is 6.92 Å². The van der Waals surface area contributed by atoms with E-state index in [0.717, 1.165) is 23.7 Å². The van der Waals surface area contributed by atoms with Gasteiger partial charge < -0.3 is 15.0 Å². The highest BCUT2D eigenvalue weighted by Gasteiger charge is 2.23. The van der Waals surface area contributed by atoms with Crippen LogP contribution in [0.4, 0.5) is 11.4 Å². The van der Waals surface area contributed by atoms with Gasteiger partial charge in [0.1, 0.15) is 11.4 Å². The second kappa shape index (κ2) is 3.81. The Kier molecular flexibility index (Phi) is 2.49. The number of nitrogens with one attached hydrogen (secondary N) is 1. The maximum Gasteiger partial charge on any atom is 0.243 e. The molecule has 1 N–H and O–H groups in total. The summed E-state index contributed by atoms with van der Waals surface area (Å²) in [5.74, 6) is 0.826. The summed E-state index contributed by atoms with van der Waals surface area (Å²) >= 11 is 0. The lowest BCUT2D eigenvalue weighted by Gasteiger charge is -2.31. The Morgan fingerprint density at radius 2 is 2.33 bits per heavy atom. The highest BCUT2D eigenvalue weighted by Crippen LogP contribution is 2.37. The number of hydrogen-bond acceptors (Lipinski definition) is 3. The molecule has 0 saturated heterocycles. The van der Waals surface area contributed by atoms with E-state index >= 15 is 0 Å². The van der Waals surface area contributed by atoms with Crippen molar-refractivity contribution in [2.24, 2.45) is 0 Å². The number of carbonyl (C=O) groups is 1. The number of hydrogen-bond donors (Lipinski definition) is 1. The van der Waals surface area contributed by atoms with Crippen molar-refractivity contribution < 1.29 is 9.53 Å². The minimum absolute atomic E-state index is 0.0256. The highest BCUT2D eigenvalue weighted by atomic mass is 16.5. The fourth-order valence-corrected chi connectivity index (χ4v) is 1.83. The molecule has 0 spiro atoms. The van der Waals surface area contributed by atoms with Crippen LogP contribution in [0.15, 0.2) is 18.2 Å². The van der Waals surface area contributed by atoms with Gasteiger partial charge in [0.05, 0.1) is 19.3 Å². The molecule has 0 aromatic heterocycles. The number of nitrogens with zero attached hydrogens (tertiary/aromatic N) is 1. The van der Waals surface area contributed by atoms with Gasteiger partial charge in [-0.3, -0.25) is 4.79 Å². The van der Waals surface area contributed by atoms with Crippen LogP contribution in [0, 0.1) is 0 Å². The van der Waals surface area contributed by atoms with E-state index in [4.69, 9.17) is 4.74 Å². The summed E-state index contributed by atoms with van der Waals surface area (Å²) in [6, 6.07) is 5.66. The van der Waals surface area contributed by atoms with Gasteiger partial charge in [-0.15, -0.1) is 0 Å². The number of para-hydroxylation sites is 1. The molecule has 1 aliphatic heterocycles. The van der Waals surface area contributed by atoms with Gasteiger partial charge in [-0.2, -0.15) is 0 Å². The van der Waals surface area contributed by atoms with Gasteiger partial charge in [-0.25, -0.2) is 0 Å². The number of anilines is 2. The third-order valence-corrected chi connectivity index (χ3v) is 2.53. The number of fused-ring (bicyclic) bond motifs is 1. The first-order valence-electron chi connectivity index (χ1n) is 4.98. The number of benzene rings is 1. The molecule has 15 heavy (non-hydrogen) atoms. The summed E-state index contributed by atoms with van der Waals surface area (Å²) < 4.78 is 5.29. The molecule has 1 aromatic rings. The Labute approximate surface area is 88.8 Å². The van der Waals surface area contributed by atoms with Crippen molar-refractivity contribution >= 4 is 17.3 Å². The maximum atomic E-state index is 11.4. The van der Waals surface area contributed by atoms with Crippen molar-refractivity contribution in [1.29, 1.82) is 0 Å². The molecule has 0 fully saturated rings. The van der Waals surface area contributed by atoms with E-state index in [1.54, 1.807) is 7.11 Å². The molecule has 0 radical (unpaired) electrons. The largest absolute Gasteiger partial charge is 0.495 e. The Bertz CT molecular complexity index is 390. The first-order valence-corrected chi connectivity index (χ1v) is 4.98. The summed E-state index contributed by atoms with van der Waals surface area (Å²) in [7, 11) is 1.64. The normalized spacial score (nSPS) is 14.5. The number of carbonyl (C=O) groups excluding carboxylic acids is 1. The van der Waals surface area contributed by atoms with Crippen LogP contribution in [0.25, 0.3) is 0 Å². The van der Waals surface area contributed by atoms with E-state index in [1.165, 1.54) is 0 Å². The third kappa shape index (κ3) is 1.63. The quantitative estimate of drug-likeness (QED) is 0.796. The molecule has 80 valence electrons. The average Bonchev–Trinajstić information content (AvgIpc) is 2.26. The van der Waals surface area contributed by atoms with Crippen molar-refractivity contribution in [2.45, 2.75) is 6.92 Å². The lowest BCUT2D eigenvalue weighted by Crippen LogP contribution is -2.38. The zero-order valence-electron chi connectivity index (χ0n) is 8.91. The van der Waals surface area contributed by atoms with Gasteiger partial charge in [0.2, 0.25) is 5.91 Å². The summed E-state index contributed by atoms with van der Waals surface area (Å²) in [6.45, 7) is 3.21. The van der Waals surface area contributed by atoms with Crippen LogP contribution in [0.2, 0.25) is 0 Å². The summed E-state index contributed by atoms with van der Waals surface area (Å²) in [6.07, 6.45) is 0. The van der Waals surface area contributed by atoms with Gasteiger partial charge in [0.25, 0.3) is 0 Å². The zero-order chi connectivity index (χ0) is 10.8. The van der Waals surface area contributed by atoms with Gasteiger partial charge in [-0.1, -0.05) is 6.07 Å². The van der Waals surface area contributed by atoms with E-state index in [-0.39, 0.29) is 5.91 Å². The molecular formula is C11H14N2O2. The topological polar surface area (TPSA) is 41.6 Å². The first kappa shape index (κ1) is 9.83. The molecule has 1 aliphatic rings. The molecule has 0 aliphatic carbocycles. The molecule has 1 heterocycles. The highest BCUT2D eigenvalue weighted by molar-refractivity contribution is 6.02. The molecule has 1 amide bonds. The van der Waals surface area contributed by atoms with E-state index in [2.05, 4.69) is 5.32 Å². The Morgan fingerprint density at radius 3 is 3.00 bits per heavy atom. The standard InChI is InChI=1S/C11H14N2O2/c1-3-13-7-10(14)12-8-5-4-6-9(15-2)11(8)13/h4-6H,3,7H2,1-2H3,(H,12,14). The van der Waals surface area contributed by atoms with Crippen LogP contribution >= 0.6 is 0 Å². The van der Waals surface area contributed by atoms with Crippen molar-refractivity contribution in [3.63, 3.8) is 0 Å². The molecule has 0 bridgehead atoms. The maximum absolute atomic E-state index is 11.4. The lowest BCUT2D eigenvalue weighted by atomic mass is 10.1. The van der Waals surface area contributed by atoms with E-state index < -0.39 is 0 Å². The fourth-order valence-electron chi connectivity index (χ4n) is 1.83. The van der Waals surface area contributed by atoms with Crippen molar-refractivity contribution in [1.82, 2.24) is 0 Å². The smallest absolute Gasteiger partial charge is 0.243 e. The van der Waals surface area contributed by atoms with Crippen LogP contribution < -0.4 is 15.0 Å². The summed E-state index contributed by atoms with van der Waals surface area (Å²) in [5, 5.41) is 2.84. The van der Waals surface area contributed by atoms with Crippen molar-refractivity contribution in [3.8, 4) is 5.75 Å². The zero-order valence-corrected chi connectivity index (χ0v) is 8.91. The fraction of sp³-hybridized carbons (Fsp3) is 0.364. The minimum atomic E-state index is 0.0256. The average molecular weight is 206 g/mol. The Hall–Kier alpha value is -1.71. The molecule has 0 saturated carbocycles. The second-order valence-corrected chi connectivity index (χ2v) is 3.42. The van der Waals surface area contributed by atoms with Crippen LogP contribution in [-0.2, 0) is 4.79 Å². The van der Waals surface area contributed by atoms with E-state index in [1.807, 2.05) is 30.0 Å². The molecule has 4 heteroatoms. The number of ether oxygens (including phenoxy) is 1. The number of methoxy groups -OCH3 is 1. The SMILES string of the molecule is CCN1CC(=O)Nc2cccc(OC)c21.